The Balaban J connectivity index is -0.0000000132. The van der Waals surface area contributed by atoms with E-state index in [0.717, 1.165) is 6.61 Å². The minimum Gasteiger partial charge on any atom is -0.408 e. The van der Waals surface area contributed by atoms with Crippen molar-refractivity contribution in [2.45, 2.75) is 28.4 Å². The molecule has 1 atom stereocenters. The first kappa shape index (κ1) is 30.4. The van der Waals surface area contributed by atoms with Crippen LogP contribution < -0.4 is 0 Å². The second-order valence-electron chi connectivity index (χ2n) is 0.955. The maximum atomic E-state index is 4.60. The van der Waals surface area contributed by atoms with Gasteiger partial charge in [0.25, 0.3) is 0 Å². The molecule has 1 heterocycles. The molecule has 10 heavy (non-hydrogen) atoms. The van der Waals surface area contributed by atoms with Gasteiger partial charge in [-0.25, -0.2) is 0 Å². The molecule has 0 aromatic heterocycles. The fourth-order valence-electron chi connectivity index (χ4n) is 0.0680. The van der Waals surface area contributed by atoms with Crippen LogP contribution in [0.2, 0.25) is 0 Å². The summed E-state index contributed by atoms with van der Waals surface area (Å²) >= 11 is 0. The Bertz CT molecular complexity index is 32.8. The van der Waals surface area contributed by atoms with Gasteiger partial charge < -0.3 is 18.5 Å². The summed E-state index contributed by atoms with van der Waals surface area (Å²) in [4.78, 5) is 0. The van der Waals surface area contributed by atoms with E-state index in [1.165, 1.54) is 0 Å². The van der Waals surface area contributed by atoms with Crippen molar-refractivity contribution >= 4 is 7.85 Å². The van der Waals surface area contributed by atoms with Crippen molar-refractivity contribution in [1.82, 2.24) is 0 Å². The molecule has 0 aromatic rings. The first-order valence-electron chi connectivity index (χ1n) is 1.75. The van der Waals surface area contributed by atoms with Crippen LogP contribution in [0.1, 0.15) is 22.3 Å². The van der Waals surface area contributed by atoms with Crippen LogP contribution in [-0.2, 0) is 37.4 Å². The second kappa shape index (κ2) is 22.5. The summed E-state index contributed by atoms with van der Waals surface area (Å²) in [6, 6.07) is 0. The predicted octanol–water partition coefficient (Wildman–Crippen LogP) is 2.07. The largest absolute Gasteiger partial charge is 0.408 e. The summed E-state index contributed by atoms with van der Waals surface area (Å²) in [7, 11) is 4.25. The molecular formula is C7H19BOY-2. The molecule has 0 spiro atoms. The Kier molecular flexibility index (Phi) is 68.3. The van der Waals surface area contributed by atoms with Gasteiger partial charge in [0.1, 0.15) is 0 Å². The van der Waals surface area contributed by atoms with E-state index in [9.17, 15) is 0 Å². The third kappa shape index (κ3) is 35.4. The molecule has 0 aliphatic carbocycles. The van der Waals surface area contributed by atoms with Crippen molar-refractivity contribution in [1.29, 1.82) is 0 Å². The van der Waals surface area contributed by atoms with E-state index in [1.807, 2.05) is 0 Å². The number of hydrogen-bond donors (Lipinski definition) is 0. The van der Waals surface area contributed by atoms with Crippen molar-refractivity contribution in [2.75, 3.05) is 6.61 Å². The molecule has 1 unspecified atom stereocenters. The molecule has 0 aromatic carbocycles. The first-order chi connectivity index (χ1) is 2.89. The van der Waals surface area contributed by atoms with E-state index in [4.69, 9.17) is 0 Å². The van der Waals surface area contributed by atoms with Gasteiger partial charge in [0.15, 0.2) is 0 Å². The number of hydrogen-bond acceptors (Lipinski definition) is 1. The third-order valence-corrected chi connectivity index (χ3v) is 0.402. The predicted molar refractivity (Wildman–Crippen MR) is 46.4 cm³/mol. The minimum absolute atomic E-state index is 0. The maximum absolute atomic E-state index is 4.60. The molecule has 1 aliphatic heterocycles. The molecule has 1 aliphatic rings. The molecule has 1 saturated heterocycles. The fraction of sp³-hybridized carbons (Fsp3) is 0.714. The number of rotatable bonds is 0. The summed E-state index contributed by atoms with van der Waals surface area (Å²) in [6.07, 6.45) is 0.333. The van der Waals surface area contributed by atoms with Gasteiger partial charge >= 0.3 is 0 Å². The first-order valence-corrected chi connectivity index (χ1v) is 1.75. The average Bonchev–Trinajstić information content (AvgIpc) is 2.30. The molecule has 61 valence electrons. The number of epoxide rings is 1. The second-order valence-corrected chi connectivity index (χ2v) is 0.955. The molecule has 1 fully saturated rings. The Morgan fingerprint density at radius 2 is 1.30 bits per heavy atom. The molecule has 3 heteroatoms. The molecule has 1 rings (SSSR count). The van der Waals surface area contributed by atoms with Crippen LogP contribution in [0.4, 0.5) is 0 Å². The summed E-state index contributed by atoms with van der Waals surface area (Å²) < 4.78 is 4.60. The minimum atomic E-state index is 0. The van der Waals surface area contributed by atoms with Gasteiger partial charge in [-0.3, -0.25) is 0 Å². The van der Waals surface area contributed by atoms with Crippen LogP contribution in [0, 0.1) is 13.7 Å². The Hall–Kier alpha value is 1.13. The zero-order valence-electron chi connectivity index (χ0n) is 4.26. The molecule has 0 amide bonds. The van der Waals surface area contributed by atoms with E-state index in [-0.39, 0.29) is 55.0 Å². The van der Waals surface area contributed by atoms with Gasteiger partial charge in [-0.15, -0.1) is 0 Å². The van der Waals surface area contributed by atoms with Gasteiger partial charge in [0, 0.05) is 39.3 Å². The van der Waals surface area contributed by atoms with E-state index in [0.29, 0.717) is 6.10 Å². The summed E-state index contributed by atoms with van der Waals surface area (Å²) in [6.45, 7) is 7.15. The van der Waals surface area contributed by atoms with Gasteiger partial charge in [0.2, 0.25) is 0 Å². The van der Waals surface area contributed by atoms with Crippen molar-refractivity contribution in [3.63, 3.8) is 0 Å². The molecule has 3 radical (unpaired) electrons. The van der Waals surface area contributed by atoms with Crippen LogP contribution in [0.25, 0.3) is 0 Å². The SMILES string of the molecule is C.C.C.[B][CH2-].[CH2-]C1CO1.[Y]. The zero-order valence-corrected chi connectivity index (χ0v) is 7.10. The van der Waals surface area contributed by atoms with E-state index in [2.05, 4.69) is 26.3 Å². The van der Waals surface area contributed by atoms with E-state index in [1.54, 1.807) is 0 Å². The molecule has 0 N–H and O–H groups in total. The molecule has 1 nitrogen and oxygen atoms in total. The van der Waals surface area contributed by atoms with Crippen molar-refractivity contribution in [3.05, 3.63) is 13.7 Å². The quantitative estimate of drug-likeness (QED) is 0.345. The Morgan fingerprint density at radius 3 is 1.30 bits per heavy atom. The smallest absolute Gasteiger partial charge is 0.0414 e. The fourth-order valence-corrected chi connectivity index (χ4v) is 0.0680. The van der Waals surface area contributed by atoms with Crippen LogP contribution in [0.3, 0.4) is 0 Å². The Morgan fingerprint density at radius 1 is 1.20 bits per heavy atom. The Labute approximate surface area is 93.6 Å². The molecule has 0 saturated carbocycles. The van der Waals surface area contributed by atoms with Gasteiger partial charge in [0.05, 0.1) is 0 Å². The van der Waals surface area contributed by atoms with Crippen LogP contribution in [0.15, 0.2) is 0 Å². The van der Waals surface area contributed by atoms with Gasteiger partial charge in [-0.2, -0.15) is 7.85 Å². The van der Waals surface area contributed by atoms with Crippen molar-refractivity contribution in [2.24, 2.45) is 0 Å². The van der Waals surface area contributed by atoms with Crippen molar-refractivity contribution < 1.29 is 37.4 Å². The molecule has 0 bridgehead atoms. The summed E-state index contributed by atoms with van der Waals surface area (Å²) in [5.74, 6) is 0. The van der Waals surface area contributed by atoms with Crippen molar-refractivity contribution in [3.8, 4) is 0 Å². The molecular weight excluding hydrogens is 200 g/mol. The number of ether oxygens (including phenoxy) is 1. The topological polar surface area (TPSA) is 12.5 Å². The van der Waals surface area contributed by atoms with E-state index < -0.39 is 0 Å². The van der Waals surface area contributed by atoms with Gasteiger partial charge in [-0.1, -0.05) is 22.3 Å². The third-order valence-electron chi connectivity index (χ3n) is 0.402. The maximum Gasteiger partial charge on any atom is 0.0414 e. The standard InChI is InChI=1S/C3H5O.CH2B.3CH4.Y/c1-3-2-4-3;1-2;;;;/h3H,1-2H2;1H2;3*1H4;/q2*-1;;;;. The normalized spacial score (nSPS) is 16.4. The zero-order chi connectivity index (χ0) is 4.99. The van der Waals surface area contributed by atoms with Crippen LogP contribution in [-0.4, -0.2) is 20.6 Å². The van der Waals surface area contributed by atoms with Gasteiger partial charge in [-0.05, 0) is 6.10 Å². The van der Waals surface area contributed by atoms with E-state index >= 15 is 0 Å². The van der Waals surface area contributed by atoms with Crippen LogP contribution in [0.5, 0.6) is 0 Å². The average molecular weight is 219 g/mol. The summed E-state index contributed by atoms with van der Waals surface area (Å²) in [5.41, 5.74) is 0. The monoisotopic (exact) mass is 219 g/mol. The summed E-state index contributed by atoms with van der Waals surface area (Å²) in [5, 5.41) is 0. The van der Waals surface area contributed by atoms with Crippen LogP contribution >= 0.6 is 0 Å².